The zero-order valence-corrected chi connectivity index (χ0v) is 18.5. The number of hydrogen-bond donors (Lipinski definition) is 5. The minimum atomic E-state index is -4.61. The molecule has 3 heterocycles. The van der Waals surface area contributed by atoms with Crippen molar-refractivity contribution in [2.75, 3.05) is 25.1 Å². The van der Waals surface area contributed by atoms with Crippen LogP contribution >= 0.6 is 0 Å². The van der Waals surface area contributed by atoms with Gasteiger partial charge in [0.25, 0.3) is 0 Å². The zero-order chi connectivity index (χ0) is 24.3. The molecule has 0 saturated carbocycles. The van der Waals surface area contributed by atoms with Crippen molar-refractivity contribution in [3.8, 4) is 0 Å². The van der Waals surface area contributed by atoms with Crippen molar-refractivity contribution in [1.82, 2.24) is 15.9 Å². The average molecular weight is 483 g/mol. The van der Waals surface area contributed by atoms with E-state index in [1.54, 1.807) is 6.07 Å². The van der Waals surface area contributed by atoms with E-state index in [2.05, 4.69) is 10.6 Å². The lowest BCUT2D eigenvalue weighted by Gasteiger charge is -2.32. The molecule has 3 aliphatic heterocycles. The number of ether oxygens (including phenoxy) is 2. The summed E-state index contributed by atoms with van der Waals surface area (Å²) in [4.78, 5) is 10.8. The van der Waals surface area contributed by atoms with Crippen LogP contribution in [-0.4, -0.2) is 54.5 Å². The third-order valence-electron chi connectivity index (χ3n) is 6.03. The fraction of sp³-hybridized carbons (Fsp3) is 0.500. The third-order valence-corrected chi connectivity index (χ3v) is 6.03. The standard InChI is InChI=1S/C22H28F3N5O4/c23-22(24,25)19-9-13-2-1-7-33-11-14-8-15(5-6-18(14)20(13)30(32)29-19)28-16-3-4-17(27-10-16)12-34-21(26)31/h5-6,8-9,16-17,27-29,32H,1-4,7,10-12H2,(H2,26,31)/t16-,17+/m1/s1. The number of anilines is 1. The molecule has 6 N–H and O–H groups in total. The van der Waals surface area contributed by atoms with Crippen molar-refractivity contribution < 1.29 is 32.6 Å². The number of halogens is 3. The Labute approximate surface area is 194 Å². The van der Waals surface area contributed by atoms with Crippen LogP contribution in [-0.2, 0) is 16.1 Å². The molecule has 1 aromatic carbocycles. The monoisotopic (exact) mass is 483 g/mol. The maximum atomic E-state index is 13.3. The number of rotatable bonds is 4. The van der Waals surface area contributed by atoms with Gasteiger partial charge in [-0.15, -0.1) is 0 Å². The molecular weight excluding hydrogens is 455 g/mol. The van der Waals surface area contributed by atoms with Crippen molar-refractivity contribution in [1.29, 1.82) is 0 Å². The number of hydrazine groups is 1. The highest BCUT2D eigenvalue weighted by molar-refractivity contribution is 5.74. The summed E-state index contributed by atoms with van der Waals surface area (Å²) in [6.07, 6.45) is -1.84. The number of nitrogens with one attached hydrogen (secondary N) is 3. The SMILES string of the molecule is NC(=O)OC[C@@H]1CC[C@@H](Nc2ccc3c(c2)COCCCC2=C3N(O)NC(C(F)(F)F)=C2)CN1. The van der Waals surface area contributed by atoms with Gasteiger partial charge in [-0.2, -0.15) is 18.3 Å². The number of carbonyl (C=O) groups excluding carboxylic acids is 1. The second-order valence-electron chi connectivity index (χ2n) is 8.54. The van der Waals surface area contributed by atoms with Crippen LogP contribution in [0.5, 0.6) is 0 Å². The number of benzene rings is 1. The Balaban J connectivity index is 1.52. The van der Waals surface area contributed by atoms with Gasteiger partial charge in [0.1, 0.15) is 12.3 Å². The number of amides is 1. The van der Waals surface area contributed by atoms with E-state index in [0.717, 1.165) is 30.2 Å². The summed E-state index contributed by atoms with van der Waals surface area (Å²) < 4.78 is 50.3. The van der Waals surface area contributed by atoms with Crippen molar-refractivity contribution in [3.05, 3.63) is 46.7 Å². The summed E-state index contributed by atoms with van der Waals surface area (Å²) in [5, 5.41) is 17.7. The molecule has 1 aromatic rings. The van der Waals surface area contributed by atoms with Crippen molar-refractivity contribution in [2.24, 2.45) is 5.73 Å². The molecule has 9 nitrogen and oxygen atoms in total. The Hall–Kier alpha value is -2.96. The van der Waals surface area contributed by atoms with E-state index in [0.29, 0.717) is 42.3 Å². The van der Waals surface area contributed by atoms with Crippen LogP contribution in [0.15, 0.2) is 35.5 Å². The Morgan fingerprint density at radius 1 is 1.35 bits per heavy atom. The number of hydroxylamine groups is 1. The fourth-order valence-electron chi connectivity index (χ4n) is 4.38. The topological polar surface area (TPSA) is 121 Å². The van der Waals surface area contributed by atoms with Gasteiger partial charge in [0.05, 0.1) is 12.3 Å². The van der Waals surface area contributed by atoms with E-state index < -0.39 is 18.0 Å². The lowest BCUT2D eigenvalue weighted by atomic mass is 9.96. The highest BCUT2D eigenvalue weighted by atomic mass is 19.4. The molecule has 34 heavy (non-hydrogen) atoms. The summed E-state index contributed by atoms with van der Waals surface area (Å²) in [7, 11) is 0. The lowest BCUT2D eigenvalue weighted by molar-refractivity contribution is -0.132. The molecule has 0 radical (unpaired) electrons. The van der Waals surface area contributed by atoms with Gasteiger partial charge in [-0.3, -0.25) is 10.6 Å². The molecule has 0 spiro atoms. The molecule has 2 atom stereocenters. The minimum Gasteiger partial charge on any atom is -0.448 e. The van der Waals surface area contributed by atoms with Crippen LogP contribution < -0.4 is 21.8 Å². The second kappa shape index (κ2) is 10.1. The summed E-state index contributed by atoms with van der Waals surface area (Å²) >= 11 is 0. The van der Waals surface area contributed by atoms with Crippen LogP contribution in [0.1, 0.15) is 36.8 Å². The summed E-state index contributed by atoms with van der Waals surface area (Å²) in [5.74, 6) is 0. The molecule has 12 heteroatoms. The first-order chi connectivity index (χ1) is 16.2. The molecular formula is C22H28F3N5O4. The molecule has 186 valence electrons. The van der Waals surface area contributed by atoms with Crippen molar-refractivity contribution in [2.45, 2.75) is 50.6 Å². The van der Waals surface area contributed by atoms with Crippen LogP contribution in [0.4, 0.5) is 23.7 Å². The maximum Gasteiger partial charge on any atom is 0.432 e. The molecule has 4 rings (SSSR count). The Morgan fingerprint density at radius 3 is 2.88 bits per heavy atom. The molecule has 0 aromatic heterocycles. The van der Waals surface area contributed by atoms with Crippen LogP contribution in [0.3, 0.4) is 0 Å². The predicted molar refractivity (Wildman–Crippen MR) is 117 cm³/mol. The van der Waals surface area contributed by atoms with Gasteiger partial charge in [-0.25, -0.2) is 4.79 Å². The minimum absolute atomic E-state index is 0.0489. The number of primary amides is 1. The maximum absolute atomic E-state index is 13.3. The number of allylic oxidation sites excluding steroid dienone is 3. The first-order valence-corrected chi connectivity index (χ1v) is 11.1. The molecule has 3 aliphatic rings. The van der Waals surface area contributed by atoms with Crippen LogP contribution in [0.2, 0.25) is 0 Å². The Morgan fingerprint density at radius 2 is 2.18 bits per heavy atom. The first-order valence-electron chi connectivity index (χ1n) is 11.1. The number of alkyl halides is 3. The van der Waals surface area contributed by atoms with Crippen molar-refractivity contribution in [3.63, 3.8) is 0 Å². The largest absolute Gasteiger partial charge is 0.448 e. The third kappa shape index (κ3) is 5.75. The molecule has 1 fully saturated rings. The summed E-state index contributed by atoms with van der Waals surface area (Å²) in [5.41, 5.74) is 8.89. The van der Waals surface area contributed by atoms with E-state index in [9.17, 15) is 23.2 Å². The van der Waals surface area contributed by atoms with E-state index in [1.165, 1.54) is 0 Å². The normalized spacial score (nSPS) is 23.4. The summed E-state index contributed by atoms with van der Waals surface area (Å²) in [6.45, 7) is 1.55. The highest BCUT2D eigenvalue weighted by Gasteiger charge is 2.38. The quantitative estimate of drug-likeness (QED) is 0.443. The summed E-state index contributed by atoms with van der Waals surface area (Å²) in [6, 6.07) is 5.69. The fourth-order valence-corrected chi connectivity index (χ4v) is 4.38. The predicted octanol–water partition coefficient (Wildman–Crippen LogP) is 2.99. The van der Waals surface area contributed by atoms with Gasteiger partial charge in [0, 0.05) is 36.5 Å². The van der Waals surface area contributed by atoms with E-state index in [-0.39, 0.29) is 31.0 Å². The molecule has 0 aliphatic carbocycles. The number of hydrogen-bond acceptors (Lipinski definition) is 8. The molecule has 1 saturated heterocycles. The number of carbonyl (C=O) groups is 1. The molecule has 0 unspecified atom stereocenters. The number of nitrogens with zero attached hydrogens (tertiary/aromatic N) is 1. The molecule has 1 amide bonds. The van der Waals surface area contributed by atoms with Gasteiger partial charge >= 0.3 is 12.3 Å². The van der Waals surface area contributed by atoms with Crippen molar-refractivity contribution >= 4 is 17.5 Å². The highest BCUT2D eigenvalue weighted by Crippen LogP contribution is 2.37. The van der Waals surface area contributed by atoms with E-state index in [4.69, 9.17) is 15.2 Å². The number of fused-ring (bicyclic) bond motifs is 2. The van der Waals surface area contributed by atoms with E-state index >= 15 is 0 Å². The van der Waals surface area contributed by atoms with E-state index in [1.807, 2.05) is 17.6 Å². The zero-order valence-electron chi connectivity index (χ0n) is 18.5. The van der Waals surface area contributed by atoms with Gasteiger partial charge in [-0.1, -0.05) is 6.07 Å². The number of nitrogens with two attached hydrogens (primary N) is 1. The first kappa shape index (κ1) is 24.2. The second-order valence-corrected chi connectivity index (χ2v) is 8.54. The lowest BCUT2D eigenvalue weighted by Crippen LogP contribution is -2.47. The smallest absolute Gasteiger partial charge is 0.432 e. The number of piperidine rings is 1. The van der Waals surface area contributed by atoms with Crippen LogP contribution in [0, 0.1) is 0 Å². The Bertz CT molecular complexity index is 974. The Kier molecular flexibility index (Phi) is 7.19. The van der Waals surface area contributed by atoms with Gasteiger partial charge in [0.15, 0.2) is 0 Å². The average Bonchev–Trinajstić information content (AvgIpc) is 2.86. The van der Waals surface area contributed by atoms with Gasteiger partial charge in [-0.05, 0) is 55.0 Å². The van der Waals surface area contributed by atoms with Crippen LogP contribution in [0.25, 0.3) is 5.70 Å². The molecule has 0 bridgehead atoms. The van der Waals surface area contributed by atoms with Gasteiger partial charge in [0.2, 0.25) is 0 Å². The van der Waals surface area contributed by atoms with Gasteiger partial charge < -0.3 is 25.8 Å².